The Bertz CT molecular complexity index is 377. The van der Waals surface area contributed by atoms with E-state index in [0.29, 0.717) is 0 Å². The average Bonchev–Trinajstić information content (AvgIpc) is 2.78. The SMILES string of the molecule is O=C(CCl)N1N=CC[C@@H]1c1ccccc1. The van der Waals surface area contributed by atoms with Gasteiger partial charge in [-0.1, -0.05) is 30.3 Å². The summed E-state index contributed by atoms with van der Waals surface area (Å²) < 4.78 is 0. The minimum Gasteiger partial charge on any atom is -0.272 e. The number of hydrogen-bond donors (Lipinski definition) is 0. The van der Waals surface area contributed by atoms with Gasteiger partial charge in [0.15, 0.2) is 0 Å². The van der Waals surface area contributed by atoms with Crippen LogP contribution < -0.4 is 0 Å². The van der Waals surface area contributed by atoms with E-state index in [2.05, 4.69) is 5.10 Å². The minimum absolute atomic E-state index is 0.0115. The van der Waals surface area contributed by atoms with Gasteiger partial charge in [-0.25, -0.2) is 5.01 Å². The van der Waals surface area contributed by atoms with Crippen LogP contribution in [0, 0.1) is 0 Å². The highest BCUT2D eigenvalue weighted by Gasteiger charge is 2.26. The second-order valence-electron chi connectivity index (χ2n) is 3.33. The van der Waals surface area contributed by atoms with Crippen molar-refractivity contribution in [1.29, 1.82) is 0 Å². The van der Waals surface area contributed by atoms with Gasteiger partial charge in [-0.05, 0) is 5.56 Å². The topological polar surface area (TPSA) is 32.7 Å². The number of rotatable bonds is 2. The molecule has 4 heteroatoms. The molecule has 0 aromatic heterocycles. The summed E-state index contributed by atoms with van der Waals surface area (Å²) in [5.41, 5.74) is 1.09. The molecule has 3 nitrogen and oxygen atoms in total. The molecule has 1 heterocycles. The zero-order valence-corrected chi connectivity index (χ0v) is 8.89. The maximum Gasteiger partial charge on any atom is 0.258 e. The molecule has 1 aliphatic heterocycles. The van der Waals surface area contributed by atoms with Crippen LogP contribution in [0.25, 0.3) is 0 Å². The maximum atomic E-state index is 11.5. The normalized spacial score (nSPS) is 19.5. The van der Waals surface area contributed by atoms with Gasteiger partial charge in [0.05, 0.1) is 6.04 Å². The van der Waals surface area contributed by atoms with Crippen LogP contribution in [-0.2, 0) is 4.79 Å². The Labute approximate surface area is 93.3 Å². The fourth-order valence-electron chi connectivity index (χ4n) is 1.67. The molecular formula is C11H11ClN2O. The Morgan fingerprint density at radius 2 is 2.20 bits per heavy atom. The minimum atomic E-state index is -0.153. The number of alkyl halides is 1. The van der Waals surface area contributed by atoms with Gasteiger partial charge in [-0.15, -0.1) is 11.6 Å². The van der Waals surface area contributed by atoms with E-state index in [1.54, 1.807) is 6.21 Å². The number of hydrogen-bond acceptors (Lipinski definition) is 2. The Kier molecular flexibility index (Phi) is 3.02. The second kappa shape index (κ2) is 4.45. The fraction of sp³-hybridized carbons (Fsp3) is 0.273. The third-order valence-electron chi connectivity index (χ3n) is 2.38. The Balaban J connectivity index is 2.21. The van der Waals surface area contributed by atoms with Crippen molar-refractivity contribution in [3.63, 3.8) is 0 Å². The smallest absolute Gasteiger partial charge is 0.258 e. The summed E-state index contributed by atoms with van der Waals surface area (Å²) in [6, 6.07) is 9.86. The predicted octanol–water partition coefficient (Wildman–Crippen LogP) is 2.18. The van der Waals surface area contributed by atoms with E-state index >= 15 is 0 Å². The summed E-state index contributed by atoms with van der Waals surface area (Å²) in [5, 5.41) is 5.50. The lowest BCUT2D eigenvalue weighted by Crippen LogP contribution is -2.27. The van der Waals surface area contributed by atoms with Crippen LogP contribution in [0.2, 0.25) is 0 Å². The molecule has 0 spiro atoms. The summed E-state index contributed by atoms with van der Waals surface area (Å²) >= 11 is 5.52. The summed E-state index contributed by atoms with van der Waals surface area (Å²) in [6.45, 7) is 0. The highest BCUT2D eigenvalue weighted by Crippen LogP contribution is 2.27. The standard InChI is InChI=1S/C11H11ClN2O/c12-8-11(15)14-10(6-7-13-14)9-4-2-1-3-5-9/h1-5,7,10H,6,8H2/t10-/m1/s1. The van der Waals surface area contributed by atoms with Gasteiger partial charge < -0.3 is 0 Å². The molecule has 0 N–H and O–H groups in total. The first-order valence-corrected chi connectivity index (χ1v) is 5.32. The number of benzene rings is 1. The third kappa shape index (κ3) is 2.02. The maximum absolute atomic E-state index is 11.5. The van der Waals surface area contributed by atoms with Crippen LogP contribution in [0.15, 0.2) is 35.4 Å². The van der Waals surface area contributed by atoms with E-state index in [9.17, 15) is 4.79 Å². The number of carbonyl (C=O) groups excluding carboxylic acids is 1. The third-order valence-corrected chi connectivity index (χ3v) is 2.61. The summed E-state index contributed by atoms with van der Waals surface area (Å²) in [7, 11) is 0. The van der Waals surface area contributed by atoms with Crippen molar-refractivity contribution < 1.29 is 4.79 Å². The van der Waals surface area contributed by atoms with Gasteiger partial charge in [-0.3, -0.25) is 4.79 Å². The molecule has 0 aliphatic carbocycles. The van der Waals surface area contributed by atoms with Gasteiger partial charge >= 0.3 is 0 Å². The predicted molar refractivity (Wildman–Crippen MR) is 59.9 cm³/mol. The first-order valence-electron chi connectivity index (χ1n) is 4.78. The van der Waals surface area contributed by atoms with E-state index < -0.39 is 0 Å². The molecule has 0 saturated carbocycles. The number of carbonyl (C=O) groups is 1. The molecule has 0 radical (unpaired) electrons. The van der Waals surface area contributed by atoms with Crippen molar-refractivity contribution >= 4 is 23.7 Å². The first kappa shape index (κ1) is 10.2. The molecule has 0 unspecified atom stereocenters. The molecule has 1 aromatic rings. The number of halogens is 1. The van der Waals surface area contributed by atoms with E-state index in [1.165, 1.54) is 5.01 Å². The molecule has 0 saturated heterocycles. The van der Waals surface area contributed by atoms with Crippen molar-refractivity contribution in [3.05, 3.63) is 35.9 Å². The second-order valence-corrected chi connectivity index (χ2v) is 3.60. The van der Waals surface area contributed by atoms with Crippen molar-refractivity contribution in [2.24, 2.45) is 5.10 Å². The molecule has 0 bridgehead atoms. The van der Waals surface area contributed by atoms with Gasteiger partial charge in [0.1, 0.15) is 5.88 Å². The fourth-order valence-corrected chi connectivity index (χ4v) is 1.79. The molecule has 2 rings (SSSR count). The molecule has 78 valence electrons. The van der Waals surface area contributed by atoms with Crippen molar-refractivity contribution in [1.82, 2.24) is 5.01 Å². The monoisotopic (exact) mass is 222 g/mol. The van der Waals surface area contributed by atoms with Crippen LogP contribution in [0.4, 0.5) is 0 Å². The van der Waals surface area contributed by atoms with Crippen LogP contribution >= 0.6 is 11.6 Å². The lowest BCUT2D eigenvalue weighted by atomic mass is 10.0. The lowest BCUT2D eigenvalue weighted by Gasteiger charge is -2.21. The van der Waals surface area contributed by atoms with E-state index in [0.717, 1.165) is 12.0 Å². The van der Waals surface area contributed by atoms with Gasteiger partial charge in [0.2, 0.25) is 0 Å². The molecule has 15 heavy (non-hydrogen) atoms. The zero-order valence-electron chi connectivity index (χ0n) is 8.14. The van der Waals surface area contributed by atoms with Crippen molar-refractivity contribution in [2.75, 3.05) is 5.88 Å². The Morgan fingerprint density at radius 3 is 2.87 bits per heavy atom. The van der Waals surface area contributed by atoms with E-state index in [1.807, 2.05) is 30.3 Å². The summed E-state index contributed by atoms with van der Waals surface area (Å²) in [6.07, 6.45) is 2.51. The molecule has 0 fully saturated rings. The van der Waals surface area contributed by atoms with Gasteiger partial charge in [0, 0.05) is 12.6 Å². The number of hydrazone groups is 1. The van der Waals surface area contributed by atoms with Crippen LogP contribution in [-0.4, -0.2) is 23.0 Å². The number of amides is 1. The van der Waals surface area contributed by atoms with Gasteiger partial charge in [-0.2, -0.15) is 5.10 Å². The van der Waals surface area contributed by atoms with Crippen LogP contribution in [0.3, 0.4) is 0 Å². The summed E-state index contributed by atoms with van der Waals surface area (Å²) in [4.78, 5) is 11.5. The van der Waals surface area contributed by atoms with Crippen molar-refractivity contribution in [2.45, 2.75) is 12.5 Å². The number of nitrogens with zero attached hydrogens (tertiary/aromatic N) is 2. The first-order chi connectivity index (χ1) is 7.33. The molecular weight excluding hydrogens is 212 g/mol. The highest BCUT2D eigenvalue weighted by molar-refractivity contribution is 6.27. The quantitative estimate of drug-likeness (QED) is 0.706. The van der Waals surface area contributed by atoms with Crippen molar-refractivity contribution in [3.8, 4) is 0 Å². The molecule has 1 amide bonds. The van der Waals surface area contributed by atoms with Crippen LogP contribution in [0.1, 0.15) is 18.0 Å². The summed E-state index contributed by atoms with van der Waals surface area (Å²) in [5.74, 6) is -0.181. The van der Waals surface area contributed by atoms with E-state index in [4.69, 9.17) is 11.6 Å². The van der Waals surface area contributed by atoms with Gasteiger partial charge in [0.25, 0.3) is 5.91 Å². The lowest BCUT2D eigenvalue weighted by molar-refractivity contribution is -0.130. The molecule has 1 atom stereocenters. The molecule has 1 aliphatic rings. The Morgan fingerprint density at radius 1 is 1.47 bits per heavy atom. The highest BCUT2D eigenvalue weighted by atomic mass is 35.5. The van der Waals surface area contributed by atoms with Crippen LogP contribution in [0.5, 0.6) is 0 Å². The molecule has 1 aromatic carbocycles. The zero-order chi connectivity index (χ0) is 10.7. The Hall–Kier alpha value is -1.35. The average molecular weight is 223 g/mol. The van der Waals surface area contributed by atoms with E-state index in [-0.39, 0.29) is 17.8 Å². The largest absolute Gasteiger partial charge is 0.272 e.